The smallest absolute Gasteiger partial charge is 0.238 e. The predicted molar refractivity (Wildman–Crippen MR) is 132 cm³/mol. The van der Waals surface area contributed by atoms with Crippen LogP contribution in [-0.4, -0.2) is 12.2 Å². The van der Waals surface area contributed by atoms with Crippen molar-refractivity contribution in [2.75, 3.05) is 0 Å². The summed E-state index contributed by atoms with van der Waals surface area (Å²) in [5, 5.41) is 0. The van der Waals surface area contributed by atoms with E-state index in [9.17, 15) is 9.59 Å². The summed E-state index contributed by atoms with van der Waals surface area (Å²) in [6.07, 6.45) is 2.99. The van der Waals surface area contributed by atoms with Crippen LogP contribution in [0.25, 0.3) is 0 Å². The van der Waals surface area contributed by atoms with Gasteiger partial charge >= 0.3 is 0 Å². The predicted octanol–water partition coefficient (Wildman–Crippen LogP) is 4.36. The largest absolute Gasteiger partial charge is 0.306 e. The third-order valence-corrected chi connectivity index (χ3v) is 5.27. The topological polar surface area (TPSA) is 111 Å². The zero-order valence-corrected chi connectivity index (χ0v) is 18.4. The molecule has 4 N–H and O–H groups in total. The maximum Gasteiger partial charge on any atom is 0.238 e. The summed E-state index contributed by atoms with van der Waals surface area (Å²) in [4.78, 5) is 29.0. The third kappa shape index (κ3) is 5.48. The second-order valence-electron chi connectivity index (χ2n) is 7.41. The van der Waals surface area contributed by atoms with Crippen LogP contribution in [0.3, 0.4) is 0 Å². The highest BCUT2D eigenvalue weighted by Gasteiger charge is 2.34. The first kappa shape index (κ1) is 24.2. The maximum atomic E-state index is 10.8. The van der Waals surface area contributed by atoms with Crippen molar-refractivity contribution in [1.82, 2.24) is 0 Å². The molecule has 0 spiro atoms. The lowest BCUT2D eigenvalue weighted by molar-refractivity contribution is 0.516. The molecule has 0 aliphatic carbocycles. The number of nitrogens with zero attached hydrogens (tertiary/aromatic N) is 2. The van der Waals surface area contributed by atoms with Gasteiger partial charge in [-0.1, -0.05) is 121 Å². The van der Waals surface area contributed by atoms with Crippen LogP contribution in [0.2, 0.25) is 0 Å². The Balaban J connectivity index is 0.000000196. The number of hydrogen-bond donors (Lipinski definition) is 2. The molecule has 168 valence electrons. The van der Waals surface area contributed by atoms with Crippen molar-refractivity contribution < 1.29 is 9.59 Å². The zero-order chi connectivity index (χ0) is 24.3. The average Bonchev–Trinajstić information content (AvgIpc) is 2.91. The van der Waals surface area contributed by atoms with Gasteiger partial charge in [-0.15, -0.1) is 0 Å². The molecule has 0 saturated carbocycles. The molecule has 6 nitrogen and oxygen atoms in total. The molecular weight excluding hydrogens is 424 g/mol. The first-order chi connectivity index (χ1) is 16.5. The molecule has 0 aliphatic heterocycles. The van der Waals surface area contributed by atoms with Gasteiger partial charge in [-0.3, -0.25) is 0 Å². The van der Waals surface area contributed by atoms with Crippen LogP contribution in [0.5, 0.6) is 0 Å². The second kappa shape index (κ2) is 11.4. The Hall–Kier alpha value is -4.44. The summed E-state index contributed by atoms with van der Waals surface area (Å²) in [5.41, 5.74) is 13.0. The van der Waals surface area contributed by atoms with Crippen LogP contribution in [0, 0.1) is 0 Å². The quantitative estimate of drug-likeness (QED) is 0.259. The molecule has 0 heterocycles. The summed E-state index contributed by atoms with van der Waals surface area (Å²) < 4.78 is 0. The van der Waals surface area contributed by atoms with E-state index >= 15 is 0 Å². The van der Waals surface area contributed by atoms with Crippen LogP contribution < -0.4 is 11.5 Å². The second-order valence-corrected chi connectivity index (χ2v) is 7.41. The maximum absolute atomic E-state index is 10.8. The summed E-state index contributed by atoms with van der Waals surface area (Å²) in [6, 6.07) is 37.2. The van der Waals surface area contributed by atoms with Crippen molar-refractivity contribution in [3.05, 3.63) is 144 Å². The van der Waals surface area contributed by atoms with Gasteiger partial charge in [0.25, 0.3) is 0 Å². The Labute approximate surface area is 198 Å². The van der Waals surface area contributed by atoms with Gasteiger partial charge < -0.3 is 11.5 Å². The minimum Gasteiger partial charge on any atom is -0.306 e. The van der Waals surface area contributed by atoms with E-state index in [4.69, 9.17) is 11.5 Å². The third-order valence-electron chi connectivity index (χ3n) is 5.27. The SMILES string of the molecule is NC(N)(c1ccccc1)c1ccccc1.O=C=NC(N=C=O)(c1ccccc1)c1ccccc1. The molecule has 0 unspecified atom stereocenters. The van der Waals surface area contributed by atoms with E-state index in [0.717, 1.165) is 11.1 Å². The van der Waals surface area contributed by atoms with Crippen molar-refractivity contribution in [2.45, 2.75) is 11.3 Å². The van der Waals surface area contributed by atoms with Gasteiger partial charge in [0.1, 0.15) is 5.66 Å². The van der Waals surface area contributed by atoms with Crippen molar-refractivity contribution in [1.29, 1.82) is 0 Å². The lowest BCUT2D eigenvalue weighted by atomic mass is 9.92. The Morgan fingerprint density at radius 2 is 0.735 bits per heavy atom. The van der Waals surface area contributed by atoms with E-state index in [-0.39, 0.29) is 0 Å². The van der Waals surface area contributed by atoms with Crippen molar-refractivity contribution in [3.63, 3.8) is 0 Å². The summed E-state index contributed by atoms with van der Waals surface area (Å²) >= 11 is 0. The highest BCUT2D eigenvalue weighted by molar-refractivity contribution is 5.49. The number of nitrogens with two attached hydrogens (primary N) is 2. The number of carbonyl (C=O) groups excluding carboxylic acids is 2. The molecule has 0 saturated heterocycles. The van der Waals surface area contributed by atoms with Gasteiger partial charge in [0.05, 0.1) is 0 Å². The molecule has 0 aliphatic rings. The van der Waals surface area contributed by atoms with Crippen LogP contribution in [0.15, 0.2) is 131 Å². The molecular formula is C28H24N4O2. The van der Waals surface area contributed by atoms with Gasteiger partial charge in [0.15, 0.2) is 0 Å². The molecule has 34 heavy (non-hydrogen) atoms. The van der Waals surface area contributed by atoms with E-state index in [0.29, 0.717) is 11.1 Å². The average molecular weight is 449 g/mol. The summed E-state index contributed by atoms with van der Waals surface area (Å²) in [6.45, 7) is 0. The Bertz CT molecular complexity index is 1160. The van der Waals surface area contributed by atoms with Crippen molar-refractivity contribution in [2.24, 2.45) is 21.5 Å². The fourth-order valence-electron chi connectivity index (χ4n) is 3.52. The minimum absolute atomic E-state index is 0.605. The number of aliphatic imine (C=N–C) groups is 2. The van der Waals surface area contributed by atoms with E-state index in [1.165, 1.54) is 12.2 Å². The van der Waals surface area contributed by atoms with Gasteiger partial charge in [-0.2, -0.15) is 9.98 Å². The van der Waals surface area contributed by atoms with Crippen LogP contribution in [-0.2, 0) is 20.9 Å². The number of isocyanates is 2. The van der Waals surface area contributed by atoms with Crippen LogP contribution >= 0.6 is 0 Å². The van der Waals surface area contributed by atoms with Gasteiger partial charge in [0, 0.05) is 11.1 Å². The van der Waals surface area contributed by atoms with Gasteiger partial charge in [-0.25, -0.2) is 9.59 Å². The summed E-state index contributed by atoms with van der Waals surface area (Å²) in [7, 11) is 0. The number of benzene rings is 4. The van der Waals surface area contributed by atoms with E-state index < -0.39 is 11.3 Å². The molecule has 0 radical (unpaired) electrons. The molecule has 0 bridgehead atoms. The first-order valence-electron chi connectivity index (χ1n) is 10.5. The van der Waals surface area contributed by atoms with Gasteiger partial charge in [-0.05, 0) is 11.1 Å². The molecule has 0 atom stereocenters. The highest BCUT2D eigenvalue weighted by atomic mass is 16.1. The summed E-state index contributed by atoms with van der Waals surface area (Å²) in [5.74, 6) is 0. The highest BCUT2D eigenvalue weighted by Crippen LogP contribution is 2.34. The molecule has 4 aromatic rings. The van der Waals surface area contributed by atoms with E-state index in [1.807, 2.05) is 72.8 Å². The molecule has 0 aromatic heterocycles. The number of rotatable bonds is 6. The van der Waals surface area contributed by atoms with Crippen LogP contribution in [0.1, 0.15) is 22.3 Å². The van der Waals surface area contributed by atoms with E-state index in [1.54, 1.807) is 48.5 Å². The van der Waals surface area contributed by atoms with Crippen molar-refractivity contribution in [3.8, 4) is 0 Å². The van der Waals surface area contributed by atoms with E-state index in [2.05, 4.69) is 9.98 Å². The number of hydrogen-bond acceptors (Lipinski definition) is 6. The molecule has 4 aromatic carbocycles. The standard InChI is InChI=1S/C15H10N2O2.C13H14N2/c18-11-16-15(17-12-19,13-7-3-1-4-8-13)14-9-5-2-6-10-14;14-13(15,11-7-3-1-4-8-11)12-9-5-2-6-10-12/h1-10H;1-10H,14-15H2. The zero-order valence-electron chi connectivity index (χ0n) is 18.4. The molecule has 4 rings (SSSR count). The minimum atomic E-state index is -1.41. The Morgan fingerprint density at radius 1 is 0.471 bits per heavy atom. The molecule has 0 amide bonds. The Morgan fingerprint density at radius 3 is 1.00 bits per heavy atom. The van der Waals surface area contributed by atoms with Crippen molar-refractivity contribution >= 4 is 12.2 Å². The fourth-order valence-corrected chi connectivity index (χ4v) is 3.52. The monoisotopic (exact) mass is 448 g/mol. The lowest BCUT2D eigenvalue weighted by Crippen LogP contribution is -2.46. The van der Waals surface area contributed by atoms with Crippen LogP contribution in [0.4, 0.5) is 0 Å². The normalized spacial score (nSPS) is 10.6. The Kier molecular flexibility index (Phi) is 8.14. The first-order valence-corrected chi connectivity index (χ1v) is 10.5. The van der Waals surface area contributed by atoms with Gasteiger partial charge in [0.2, 0.25) is 17.8 Å². The molecule has 0 fully saturated rings. The lowest BCUT2D eigenvalue weighted by Gasteiger charge is -2.25. The fraction of sp³-hybridized carbons (Fsp3) is 0.0714. The molecule has 6 heteroatoms.